The summed E-state index contributed by atoms with van der Waals surface area (Å²) in [5.41, 5.74) is 0.902. The highest BCUT2D eigenvalue weighted by Crippen LogP contribution is 2.76. The van der Waals surface area contributed by atoms with Crippen LogP contribution < -0.4 is 0 Å². The minimum atomic E-state index is -1.98. The molecule has 0 unspecified atom stereocenters. The van der Waals surface area contributed by atoms with Crippen molar-refractivity contribution in [1.29, 1.82) is 0 Å². The van der Waals surface area contributed by atoms with Gasteiger partial charge in [-0.15, -0.1) is 0 Å². The molecule has 382 valence electrons. The number of carboxylic acid groups (broad SMARTS) is 1. The van der Waals surface area contributed by atoms with Crippen LogP contribution in [0.5, 0.6) is 0 Å². The fourth-order valence-electron chi connectivity index (χ4n) is 15.2. The number of esters is 1. The number of ether oxygens (including phenoxy) is 7. The van der Waals surface area contributed by atoms with Crippen LogP contribution in [-0.4, -0.2) is 170 Å². The molecule has 8 aliphatic rings. The molecule has 7 fully saturated rings. The summed E-state index contributed by atoms with van der Waals surface area (Å²) in [5.74, 6) is -1.70. The zero-order valence-corrected chi connectivity index (χ0v) is 40.4. The van der Waals surface area contributed by atoms with Gasteiger partial charge >= 0.3 is 11.9 Å². The molecule has 4 saturated carbocycles. The molecule has 0 amide bonds. The summed E-state index contributed by atoms with van der Waals surface area (Å²) in [4.78, 5) is 26.1. The number of hydrogen-bond donors (Lipinski definition) is 9. The fraction of sp³-hybridized carbons (Fsp3) is 0.918. The number of hydrogen-bond acceptors (Lipinski definition) is 17. The van der Waals surface area contributed by atoms with Gasteiger partial charge in [0, 0.05) is 18.9 Å². The number of carboxylic acids is 1. The molecule has 18 nitrogen and oxygen atoms in total. The highest BCUT2D eigenvalue weighted by Gasteiger charge is 2.69. The van der Waals surface area contributed by atoms with E-state index >= 15 is 0 Å². The quantitative estimate of drug-likeness (QED) is 0.0813. The monoisotopic (exact) mass is 955 g/mol. The molecule has 8 rings (SSSR count). The van der Waals surface area contributed by atoms with Crippen molar-refractivity contribution in [3.63, 3.8) is 0 Å². The number of fused-ring (bicyclic) bond motifs is 7. The maximum absolute atomic E-state index is 13.2. The lowest BCUT2D eigenvalue weighted by Gasteiger charge is -2.71. The first-order valence-corrected chi connectivity index (χ1v) is 24.6. The molecule has 0 radical (unpaired) electrons. The Kier molecular flexibility index (Phi) is 14.1. The lowest BCUT2D eigenvalue weighted by Crippen LogP contribution is -2.68. The molecule has 0 aromatic carbocycles. The molecule has 3 aliphatic heterocycles. The Morgan fingerprint density at radius 1 is 0.672 bits per heavy atom. The number of carbonyl (C=O) groups excluding carboxylic acids is 1. The van der Waals surface area contributed by atoms with Crippen LogP contribution >= 0.6 is 0 Å². The van der Waals surface area contributed by atoms with Gasteiger partial charge in [-0.2, -0.15) is 0 Å². The first-order valence-electron chi connectivity index (χ1n) is 24.6. The zero-order valence-electron chi connectivity index (χ0n) is 40.4. The molecule has 67 heavy (non-hydrogen) atoms. The Morgan fingerprint density at radius 2 is 1.27 bits per heavy atom. The third kappa shape index (κ3) is 8.35. The van der Waals surface area contributed by atoms with E-state index in [0.717, 1.165) is 64.7 Å². The molecular weight excluding hydrogens is 877 g/mol. The number of allylic oxidation sites excluding steroid dienone is 2. The van der Waals surface area contributed by atoms with Crippen molar-refractivity contribution in [2.45, 2.75) is 212 Å². The van der Waals surface area contributed by atoms with Gasteiger partial charge in [0.1, 0.15) is 48.8 Å². The van der Waals surface area contributed by atoms with Gasteiger partial charge in [0.05, 0.1) is 19.3 Å². The maximum atomic E-state index is 13.2. The van der Waals surface area contributed by atoms with Crippen LogP contribution in [0.3, 0.4) is 0 Å². The van der Waals surface area contributed by atoms with Gasteiger partial charge in [0.2, 0.25) is 0 Å². The van der Waals surface area contributed by atoms with Crippen LogP contribution in [0.4, 0.5) is 0 Å². The molecule has 0 spiro atoms. The summed E-state index contributed by atoms with van der Waals surface area (Å²) < 4.78 is 42.5. The lowest BCUT2D eigenvalue weighted by molar-refractivity contribution is -0.383. The van der Waals surface area contributed by atoms with Crippen LogP contribution in [0.25, 0.3) is 0 Å². The van der Waals surface area contributed by atoms with Gasteiger partial charge in [-0.3, -0.25) is 4.79 Å². The van der Waals surface area contributed by atoms with E-state index in [1.165, 1.54) is 0 Å². The SMILES string of the molecule is CC(=O)O[C@@H]1[C@@H](O[C@@H]2O[C@H](CO)[C@H](O)[C@H](O)[C@H]2O)[C@H](O[C@H]2CC[C@]3(C)[C@H]4CC=C5[C@@H]6CC(C)(C)CC[C@]6(CO)CC[C@@]5(C)[C@]4(C)CC[C@H]3C2(C)C)O[C@H](C(=O)O)[C@H]1O[C@@H]1O[C@H](CO)[C@@H](O)[C@@H]1O. The topological polar surface area (TPSA) is 281 Å². The van der Waals surface area contributed by atoms with E-state index in [4.69, 9.17) is 33.2 Å². The number of aliphatic hydroxyl groups excluding tert-OH is 8. The minimum absolute atomic E-state index is 0.0169. The van der Waals surface area contributed by atoms with Crippen LogP contribution in [0.1, 0.15) is 120 Å². The zero-order chi connectivity index (χ0) is 49.0. The Balaban J connectivity index is 1.11. The summed E-state index contributed by atoms with van der Waals surface area (Å²) >= 11 is 0. The van der Waals surface area contributed by atoms with E-state index in [1.54, 1.807) is 5.57 Å². The van der Waals surface area contributed by atoms with Crippen molar-refractivity contribution in [2.24, 2.45) is 50.2 Å². The minimum Gasteiger partial charge on any atom is -0.479 e. The predicted octanol–water partition coefficient (Wildman–Crippen LogP) is 1.92. The summed E-state index contributed by atoms with van der Waals surface area (Å²) in [7, 11) is 0. The number of aliphatic carboxylic acids is 1. The van der Waals surface area contributed by atoms with Crippen molar-refractivity contribution in [3.05, 3.63) is 11.6 Å². The van der Waals surface area contributed by atoms with Gasteiger partial charge in [-0.1, -0.05) is 60.1 Å². The van der Waals surface area contributed by atoms with Crippen molar-refractivity contribution >= 4 is 11.9 Å². The normalized spacial score (nSPS) is 51.3. The number of aliphatic hydroxyl groups is 8. The standard InChI is InChI=1S/C49H78O18/c1-23(53)61-37-36(65-41-34(57)32(55)27(21-51)63-41)38(40(59)60)66-43(39(37)67-42-35(58)33(56)31(54)26(20-50)62-42)64-30-12-13-46(6)28(45(30,4)5)11-14-48(8)29(46)10-9-24-25-19-44(2,3)15-17-49(25,22-52)18-16-47(24,48)7/h9,25-39,41-43,50-52,54-58H,10-22H2,1-8H3,(H,59,60)/t25-,26+,27+,28-,29+,30-,31-,32+,33-,34-,35+,36-,37-,38-,39+,41-,42-,43+,46-,47+,48+,49+/m0/s1. The smallest absolute Gasteiger partial charge is 0.335 e. The molecule has 22 atom stereocenters. The first-order chi connectivity index (χ1) is 31.3. The molecule has 0 bridgehead atoms. The second-order valence-corrected chi connectivity index (χ2v) is 23.7. The Hall–Kier alpha value is -1.88. The summed E-state index contributed by atoms with van der Waals surface area (Å²) in [6.07, 6.45) is -12.9. The molecule has 3 heterocycles. The van der Waals surface area contributed by atoms with Crippen molar-refractivity contribution in [1.82, 2.24) is 0 Å². The van der Waals surface area contributed by atoms with Crippen LogP contribution in [0.15, 0.2) is 11.6 Å². The molecule has 5 aliphatic carbocycles. The van der Waals surface area contributed by atoms with E-state index in [1.807, 2.05) is 0 Å². The van der Waals surface area contributed by atoms with Crippen molar-refractivity contribution in [2.75, 3.05) is 19.8 Å². The van der Waals surface area contributed by atoms with E-state index < -0.39 is 123 Å². The second-order valence-electron chi connectivity index (χ2n) is 23.7. The third-order valence-electron chi connectivity index (χ3n) is 19.3. The van der Waals surface area contributed by atoms with Crippen LogP contribution in [0, 0.1) is 50.2 Å². The Morgan fingerprint density at radius 3 is 1.87 bits per heavy atom. The van der Waals surface area contributed by atoms with E-state index in [-0.39, 0.29) is 39.6 Å². The Bertz CT molecular complexity index is 1860. The van der Waals surface area contributed by atoms with Gasteiger partial charge in [-0.05, 0) is 109 Å². The fourth-order valence-corrected chi connectivity index (χ4v) is 15.2. The second kappa shape index (κ2) is 18.3. The van der Waals surface area contributed by atoms with Crippen LogP contribution in [0.2, 0.25) is 0 Å². The molecule has 18 heteroatoms. The molecular formula is C49H78O18. The molecule has 0 aromatic heterocycles. The largest absolute Gasteiger partial charge is 0.479 e. The number of rotatable bonds is 11. The van der Waals surface area contributed by atoms with E-state index in [9.17, 15) is 55.5 Å². The van der Waals surface area contributed by atoms with Gasteiger partial charge in [0.15, 0.2) is 37.2 Å². The average Bonchev–Trinajstić information content (AvgIpc) is 3.53. The lowest BCUT2D eigenvalue weighted by atomic mass is 9.33. The molecule has 9 N–H and O–H groups in total. The molecule has 3 saturated heterocycles. The summed E-state index contributed by atoms with van der Waals surface area (Å²) in [5, 5.41) is 95.3. The van der Waals surface area contributed by atoms with Crippen molar-refractivity contribution in [3.8, 4) is 0 Å². The van der Waals surface area contributed by atoms with E-state index in [2.05, 4.69) is 54.5 Å². The first kappa shape index (κ1) is 51.5. The van der Waals surface area contributed by atoms with E-state index in [0.29, 0.717) is 18.3 Å². The summed E-state index contributed by atoms with van der Waals surface area (Å²) in [6, 6.07) is 0. The van der Waals surface area contributed by atoms with Gasteiger partial charge in [-0.25, -0.2) is 4.79 Å². The maximum Gasteiger partial charge on any atom is 0.335 e. The van der Waals surface area contributed by atoms with Crippen molar-refractivity contribution < 1.29 is 88.7 Å². The Labute approximate surface area is 393 Å². The van der Waals surface area contributed by atoms with Gasteiger partial charge in [0.25, 0.3) is 0 Å². The average molecular weight is 955 g/mol. The third-order valence-corrected chi connectivity index (χ3v) is 19.3. The highest BCUT2D eigenvalue weighted by molar-refractivity contribution is 5.74. The predicted molar refractivity (Wildman–Crippen MR) is 234 cm³/mol. The van der Waals surface area contributed by atoms with Crippen LogP contribution in [-0.2, 0) is 42.7 Å². The molecule has 0 aromatic rings. The van der Waals surface area contributed by atoms with Gasteiger partial charge < -0.3 is 79.1 Å². The number of carbonyl (C=O) groups is 2. The summed E-state index contributed by atoms with van der Waals surface area (Å²) in [6.45, 7) is 16.2. The highest BCUT2D eigenvalue weighted by atomic mass is 16.8.